The van der Waals surface area contributed by atoms with E-state index in [2.05, 4.69) is 58.9 Å². The highest BCUT2D eigenvalue weighted by molar-refractivity contribution is 8.04. The van der Waals surface area contributed by atoms with Gasteiger partial charge in [0, 0.05) is 4.91 Å². The second kappa shape index (κ2) is 6.50. The molecule has 2 aliphatic carbocycles. The molecule has 25 heavy (non-hydrogen) atoms. The molecular weight excluding hydrogens is 328 g/mol. The predicted octanol–water partition coefficient (Wildman–Crippen LogP) is 6.13. The van der Waals surface area contributed by atoms with Crippen LogP contribution in [0.5, 0.6) is 0 Å². The Kier molecular flexibility index (Phi) is 4.83. The first kappa shape index (κ1) is 18.6. The Morgan fingerprint density at radius 3 is 2.60 bits per heavy atom. The summed E-state index contributed by atoms with van der Waals surface area (Å²) in [5.74, 6) is -0.100. The molecule has 1 saturated carbocycles. The maximum absolute atomic E-state index is 11.2. The summed E-state index contributed by atoms with van der Waals surface area (Å²) in [7, 11) is 0. The fourth-order valence-electron chi connectivity index (χ4n) is 4.40. The molecule has 3 heteroatoms. The second-order valence-electron chi connectivity index (χ2n) is 9.07. The topological polar surface area (TPSA) is 37.3 Å². The van der Waals surface area contributed by atoms with Gasteiger partial charge in [0.05, 0.1) is 0 Å². The Bertz CT molecular complexity index is 704. The standard InChI is InChI=1S/C22H30O2S/c1-14(18-8-9-19(25-18)20(23)24)12-15-6-7-16-17(13-15)22(4,5)11-10-21(16,2)3/h6-8,12,17,19H,9-11,13H2,1-5H3,(H,23,24)/b14-12-. The van der Waals surface area contributed by atoms with Crippen molar-refractivity contribution in [2.24, 2.45) is 16.7 Å². The zero-order chi connectivity index (χ0) is 18.4. The first-order valence-electron chi connectivity index (χ1n) is 9.30. The van der Waals surface area contributed by atoms with E-state index in [1.807, 2.05) is 0 Å². The van der Waals surface area contributed by atoms with Crippen molar-refractivity contribution in [2.45, 2.75) is 65.6 Å². The van der Waals surface area contributed by atoms with Crippen LogP contribution in [-0.2, 0) is 4.79 Å². The van der Waals surface area contributed by atoms with Crippen molar-refractivity contribution in [2.75, 3.05) is 0 Å². The minimum absolute atomic E-state index is 0.305. The summed E-state index contributed by atoms with van der Waals surface area (Å²) in [5.41, 5.74) is 4.83. The molecule has 0 radical (unpaired) electrons. The van der Waals surface area contributed by atoms with Crippen molar-refractivity contribution >= 4 is 17.7 Å². The molecule has 0 spiro atoms. The van der Waals surface area contributed by atoms with Gasteiger partial charge in [-0.15, -0.1) is 11.8 Å². The molecule has 2 nitrogen and oxygen atoms in total. The zero-order valence-corrected chi connectivity index (χ0v) is 16.9. The molecule has 1 aliphatic heterocycles. The zero-order valence-electron chi connectivity index (χ0n) is 16.1. The highest BCUT2D eigenvalue weighted by atomic mass is 32.2. The highest BCUT2D eigenvalue weighted by Gasteiger charge is 2.44. The number of fused-ring (bicyclic) bond motifs is 1. The molecule has 3 rings (SSSR count). The van der Waals surface area contributed by atoms with Crippen molar-refractivity contribution in [1.82, 2.24) is 0 Å². The summed E-state index contributed by atoms with van der Waals surface area (Å²) in [6, 6.07) is 0. The number of carboxylic acids is 1. The van der Waals surface area contributed by atoms with Crippen LogP contribution in [0.25, 0.3) is 0 Å². The fourth-order valence-corrected chi connectivity index (χ4v) is 5.44. The van der Waals surface area contributed by atoms with Crippen LogP contribution in [0.2, 0.25) is 0 Å². The van der Waals surface area contributed by atoms with Crippen LogP contribution in [0, 0.1) is 16.7 Å². The van der Waals surface area contributed by atoms with Gasteiger partial charge in [0.2, 0.25) is 0 Å². The van der Waals surface area contributed by atoms with Crippen LogP contribution in [0.3, 0.4) is 0 Å². The van der Waals surface area contributed by atoms with Crippen molar-refractivity contribution in [3.63, 3.8) is 0 Å². The number of rotatable bonds is 3. The number of thioether (sulfide) groups is 1. The number of aliphatic carboxylic acids is 1. The van der Waals surface area contributed by atoms with Gasteiger partial charge in [0.25, 0.3) is 0 Å². The van der Waals surface area contributed by atoms with E-state index in [1.54, 1.807) is 5.57 Å². The molecule has 0 aromatic heterocycles. The van der Waals surface area contributed by atoms with Gasteiger partial charge in [0.15, 0.2) is 0 Å². The third-order valence-electron chi connectivity index (χ3n) is 6.26. The fraction of sp³-hybridized carbons (Fsp3) is 0.591. The third kappa shape index (κ3) is 3.67. The van der Waals surface area contributed by atoms with Crippen LogP contribution in [0.15, 0.2) is 45.9 Å². The molecule has 0 bridgehead atoms. The first-order valence-corrected chi connectivity index (χ1v) is 10.2. The van der Waals surface area contributed by atoms with Crippen molar-refractivity contribution < 1.29 is 9.90 Å². The summed E-state index contributed by atoms with van der Waals surface area (Å²) in [5, 5.41) is 8.86. The molecule has 1 fully saturated rings. The lowest BCUT2D eigenvalue weighted by Gasteiger charge is -2.50. The first-order chi connectivity index (χ1) is 11.6. The quantitative estimate of drug-likeness (QED) is 0.660. The molecule has 2 unspecified atom stereocenters. The second-order valence-corrected chi connectivity index (χ2v) is 10.3. The summed E-state index contributed by atoms with van der Waals surface area (Å²) in [6.07, 6.45) is 13.3. The van der Waals surface area contributed by atoms with E-state index < -0.39 is 5.97 Å². The van der Waals surface area contributed by atoms with Crippen molar-refractivity contribution in [3.8, 4) is 0 Å². The lowest BCUT2D eigenvalue weighted by molar-refractivity contribution is -0.136. The Morgan fingerprint density at radius 1 is 1.24 bits per heavy atom. The summed E-state index contributed by atoms with van der Waals surface area (Å²) in [6.45, 7) is 11.7. The van der Waals surface area contributed by atoms with E-state index in [9.17, 15) is 9.90 Å². The van der Waals surface area contributed by atoms with Gasteiger partial charge in [-0.1, -0.05) is 57.6 Å². The summed E-state index contributed by atoms with van der Waals surface area (Å²) >= 11 is 1.49. The minimum Gasteiger partial charge on any atom is -0.480 e. The molecule has 0 saturated heterocycles. The maximum atomic E-state index is 11.2. The number of allylic oxidation sites excluding steroid dienone is 7. The Hall–Kier alpha value is -1.22. The van der Waals surface area contributed by atoms with Gasteiger partial charge >= 0.3 is 5.97 Å². The SMILES string of the molecule is C/C(=C/C1=CC=C2C(C1)C(C)(C)CCC2(C)C)C1=CCC(C(=O)O)S1. The van der Waals surface area contributed by atoms with Crippen molar-refractivity contribution in [3.05, 3.63) is 45.9 Å². The number of hydrogen-bond acceptors (Lipinski definition) is 2. The van der Waals surface area contributed by atoms with E-state index in [0.717, 1.165) is 11.3 Å². The lowest BCUT2D eigenvalue weighted by Crippen LogP contribution is -2.39. The minimum atomic E-state index is -0.709. The van der Waals surface area contributed by atoms with Crippen LogP contribution < -0.4 is 0 Å². The molecular formula is C22H30O2S. The maximum Gasteiger partial charge on any atom is 0.317 e. The largest absolute Gasteiger partial charge is 0.480 e. The van der Waals surface area contributed by atoms with E-state index in [4.69, 9.17) is 0 Å². The summed E-state index contributed by atoms with van der Waals surface area (Å²) < 4.78 is 0. The summed E-state index contributed by atoms with van der Waals surface area (Å²) in [4.78, 5) is 12.3. The molecule has 0 amide bonds. The van der Waals surface area contributed by atoms with Gasteiger partial charge in [0.1, 0.15) is 5.25 Å². The third-order valence-corrected chi connectivity index (χ3v) is 7.69. The molecule has 2 atom stereocenters. The smallest absolute Gasteiger partial charge is 0.317 e. The molecule has 3 aliphatic rings. The molecule has 0 aromatic rings. The van der Waals surface area contributed by atoms with Gasteiger partial charge in [-0.2, -0.15) is 0 Å². The van der Waals surface area contributed by atoms with Gasteiger partial charge in [-0.3, -0.25) is 4.79 Å². The predicted molar refractivity (Wildman–Crippen MR) is 107 cm³/mol. The Balaban J connectivity index is 1.82. The van der Waals surface area contributed by atoms with Crippen LogP contribution in [0.1, 0.15) is 60.3 Å². The van der Waals surface area contributed by atoms with Crippen LogP contribution >= 0.6 is 11.8 Å². The van der Waals surface area contributed by atoms with E-state index in [0.29, 0.717) is 23.2 Å². The van der Waals surface area contributed by atoms with Gasteiger partial charge in [-0.05, 0) is 60.5 Å². The van der Waals surface area contributed by atoms with Crippen molar-refractivity contribution in [1.29, 1.82) is 0 Å². The van der Waals surface area contributed by atoms with E-state index in [1.165, 1.54) is 35.7 Å². The average molecular weight is 359 g/mol. The molecule has 0 aromatic carbocycles. The van der Waals surface area contributed by atoms with Crippen LogP contribution in [0.4, 0.5) is 0 Å². The Labute approximate surface area is 156 Å². The number of carbonyl (C=O) groups is 1. The van der Waals surface area contributed by atoms with Crippen LogP contribution in [-0.4, -0.2) is 16.3 Å². The average Bonchev–Trinajstić information content (AvgIpc) is 3.02. The van der Waals surface area contributed by atoms with E-state index >= 15 is 0 Å². The molecule has 1 heterocycles. The lowest BCUT2D eigenvalue weighted by atomic mass is 9.55. The van der Waals surface area contributed by atoms with E-state index in [-0.39, 0.29) is 5.25 Å². The number of hydrogen-bond donors (Lipinski definition) is 1. The normalized spacial score (nSPS) is 30.9. The number of carboxylic acid groups (broad SMARTS) is 1. The Morgan fingerprint density at radius 2 is 1.96 bits per heavy atom. The highest BCUT2D eigenvalue weighted by Crippen LogP contribution is 2.55. The molecule has 1 N–H and O–H groups in total. The van der Waals surface area contributed by atoms with Gasteiger partial charge < -0.3 is 5.11 Å². The van der Waals surface area contributed by atoms with Gasteiger partial charge in [-0.25, -0.2) is 0 Å². The monoisotopic (exact) mass is 358 g/mol. The molecule has 136 valence electrons.